The number of rotatable bonds is 8. The van der Waals surface area contributed by atoms with E-state index in [0.717, 1.165) is 16.4 Å². The van der Waals surface area contributed by atoms with Gasteiger partial charge in [-0.05, 0) is 31.2 Å². The topological polar surface area (TPSA) is 52.3 Å². The number of hydrogen-bond acceptors (Lipinski definition) is 5. The number of halogens is 1. The molecule has 1 aromatic carbocycles. The lowest BCUT2D eigenvalue weighted by molar-refractivity contribution is -0.144. The Kier molecular flexibility index (Phi) is 7.93. The molecule has 0 heterocycles. The fourth-order valence-electron chi connectivity index (χ4n) is 1.28. The van der Waals surface area contributed by atoms with Gasteiger partial charge in [0.15, 0.2) is 0 Å². The molecule has 0 amide bonds. The van der Waals surface area contributed by atoms with Crippen LogP contribution in [0.15, 0.2) is 29.2 Å². The maximum atomic E-state index is 12.7. The van der Waals surface area contributed by atoms with Crippen LogP contribution in [-0.2, 0) is 9.53 Å². The Hall–Kier alpha value is -0.720. The van der Waals surface area contributed by atoms with Crippen LogP contribution in [0.4, 0.5) is 4.39 Å². The van der Waals surface area contributed by atoms with Gasteiger partial charge < -0.3 is 10.5 Å². The second kappa shape index (κ2) is 9.23. The molecule has 0 saturated carbocycles. The van der Waals surface area contributed by atoms with Crippen LogP contribution in [0.2, 0.25) is 0 Å². The number of nitrogens with two attached hydrogens (primary N) is 1. The summed E-state index contributed by atoms with van der Waals surface area (Å²) in [6.45, 7) is 2.12. The molecule has 1 rings (SSSR count). The number of carbonyl (C=O) groups is 1. The lowest BCUT2D eigenvalue weighted by Crippen LogP contribution is -2.34. The Balaban J connectivity index is 2.11. The number of hydrogen-bond donors (Lipinski definition) is 1. The van der Waals surface area contributed by atoms with Crippen molar-refractivity contribution in [3.8, 4) is 0 Å². The highest BCUT2D eigenvalue weighted by Crippen LogP contribution is 2.19. The maximum Gasteiger partial charge on any atom is 0.323 e. The molecule has 0 aliphatic heterocycles. The summed E-state index contributed by atoms with van der Waals surface area (Å²) in [6.07, 6.45) is 0. The van der Waals surface area contributed by atoms with Gasteiger partial charge in [-0.2, -0.15) is 11.8 Å². The van der Waals surface area contributed by atoms with E-state index in [9.17, 15) is 9.18 Å². The molecule has 0 aliphatic carbocycles. The summed E-state index contributed by atoms with van der Waals surface area (Å²) in [5.41, 5.74) is 5.67. The third kappa shape index (κ3) is 6.84. The van der Waals surface area contributed by atoms with Crippen molar-refractivity contribution in [2.75, 3.05) is 23.9 Å². The first kappa shape index (κ1) is 16.3. The van der Waals surface area contributed by atoms with Crippen LogP contribution in [-0.4, -0.2) is 35.9 Å². The normalized spacial score (nSPS) is 12.2. The minimum Gasteiger partial charge on any atom is -0.465 e. The van der Waals surface area contributed by atoms with Crippen LogP contribution in [0.25, 0.3) is 0 Å². The first-order valence-electron chi connectivity index (χ1n) is 6.01. The highest BCUT2D eigenvalue weighted by atomic mass is 32.2. The second-order valence-electron chi connectivity index (χ2n) is 3.74. The van der Waals surface area contributed by atoms with Crippen molar-refractivity contribution in [1.29, 1.82) is 0 Å². The molecule has 0 fully saturated rings. The molecular weight excluding hydrogens is 285 g/mol. The van der Waals surface area contributed by atoms with Crippen LogP contribution < -0.4 is 5.73 Å². The first-order chi connectivity index (χ1) is 9.13. The van der Waals surface area contributed by atoms with Gasteiger partial charge in [0.2, 0.25) is 0 Å². The van der Waals surface area contributed by atoms with E-state index in [1.807, 2.05) is 0 Å². The Morgan fingerprint density at radius 1 is 1.37 bits per heavy atom. The summed E-state index contributed by atoms with van der Waals surface area (Å²) >= 11 is 3.27. The predicted molar refractivity (Wildman–Crippen MR) is 79.1 cm³/mol. The van der Waals surface area contributed by atoms with Gasteiger partial charge in [0.05, 0.1) is 6.61 Å². The molecule has 0 aromatic heterocycles. The number of benzene rings is 1. The quantitative estimate of drug-likeness (QED) is 0.454. The maximum absolute atomic E-state index is 12.7. The predicted octanol–water partition coefficient (Wildman–Crippen LogP) is 2.54. The van der Waals surface area contributed by atoms with Crippen LogP contribution in [0.1, 0.15) is 6.92 Å². The number of thioether (sulfide) groups is 2. The van der Waals surface area contributed by atoms with E-state index in [1.54, 1.807) is 42.6 Å². The van der Waals surface area contributed by atoms with Gasteiger partial charge in [-0.15, -0.1) is 11.8 Å². The van der Waals surface area contributed by atoms with Gasteiger partial charge in [-0.3, -0.25) is 4.79 Å². The standard InChI is InChI=1S/C13H18FNO2S2/c1-2-17-13(16)12(15)9-18-7-8-19-11-5-3-10(14)4-6-11/h3-6,12H,2,7-9,15H2,1H3. The van der Waals surface area contributed by atoms with Gasteiger partial charge in [0.25, 0.3) is 0 Å². The molecule has 3 nitrogen and oxygen atoms in total. The Morgan fingerprint density at radius 2 is 2.05 bits per heavy atom. The molecule has 0 saturated heterocycles. The van der Waals surface area contributed by atoms with E-state index in [-0.39, 0.29) is 11.8 Å². The highest BCUT2D eigenvalue weighted by Gasteiger charge is 2.13. The van der Waals surface area contributed by atoms with E-state index in [2.05, 4.69) is 0 Å². The average molecular weight is 303 g/mol. The fourth-order valence-corrected chi connectivity index (χ4v) is 3.20. The van der Waals surface area contributed by atoms with Gasteiger partial charge in [-0.1, -0.05) is 0 Å². The fraction of sp³-hybridized carbons (Fsp3) is 0.462. The van der Waals surface area contributed by atoms with E-state index in [0.29, 0.717) is 12.4 Å². The summed E-state index contributed by atoms with van der Waals surface area (Å²) in [6, 6.07) is 5.86. The molecule has 1 aromatic rings. The molecule has 1 atom stereocenters. The van der Waals surface area contributed by atoms with Gasteiger partial charge >= 0.3 is 5.97 Å². The van der Waals surface area contributed by atoms with E-state index in [1.165, 1.54) is 12.1 Å². The molecule has 19 heavy (non-hydrogen) atoms. The highest BCUT2D eigenvalue weighted by molar-refractivity contribution is 8.03. The van der Waals surface area contributed by atoms with E-state index in [4.69, 9.17) is 10.5 Å². The van der Waals surface area contributed by atoms with Crippen molar-refractivity contribution < 1.29 is 13.9 Å². The Morgan fingerprint density at radius 3 is 2.68 bits per heavy atom. The molecule has 1 unspecified atom stereocenters. The number of ether oxygens (including phenoxy) is 1. The van der Waals surface area contributed by atoms with Crippen molar-refractivity contribution in [2.24, 2.45) is 5.73 Å². The average Bonchev–Trinajstić information content (AvgIpc) is 2.40. The third-order valence-electron chi connectivity index (χ3n) is 2.20. The van der Waals surface area contributed by atoms with Crippen LogP contribution in [0.5, 0.6) is 0 Å². The van der Waals surface area contributed by atoms with Gasteiger partial charge in [-0.25, -0.2) is 4.39 Å². The molecule has 106 valence electrons. The van der Waals surface area contributed by atoms with Crippen molar-refractivity contribution in [3.05, 3.63) is 30.1 Å². The van der Waals surface area contributed by atoms with Crippen molar-refractivity contribution >= 4 is 29.5 Å². The molecular formula is C13H18FNO2S2. The smallest absolute Gasteiger partial charge is 0.323 e. The summed E-state index contributed by atoms with van der Waals surface area (Å²) in [7, 11) is 0. The van der Waals surface area contributed by atoms with Crippen LogP contribution in [0, 0.1) is 5.82 Å². The second-order valence-corrected chi connectivity index (χ2v) is 6.05. The molecule has 6 heteroatoms. The summed E-state index contributed by atoms with van der Waals surface area (Å²) < 4.78 is 17.5. The number of esters is 1. The minimum absolute atomic E-state index is 0.223. The summed E-state index contributed by atoms with van der Waals surface area (Å²) in [5.74, 6) is 1.77. The summed E-state index contributed by atoms with van der Waals surface area (Å²) in [5, 5.41) is 0. The van der Waals surface area contributed by atoms with Crippen molar-refractivity contribution in [3.63, 3.8) is 0 Å². The zero-order chi connectivity index (χ0) is 14.1. The number of carbonyl (C=O) groups excluding carboxylic acids is 1. The molecule has 0 radical (unpaired) electrons. The van der Waals surface area contributed by atoms with E-state index < -0.39 is 6.04 Å². The van der Waals surface area contributed by atoms with Gasteiger partial charge in [0, 0.05) is 22.2 Å². The Bertz CT molecular complexity index is 387. The van der Waals surface area contributed by atoms with E-state index >= 15 is 0 Å². The Labute approximate surface area is 121 Å². The SMILES string of the molecule is CCOC(=O)C(N)CSCCSc1ccc(F)cc1. The van der Waals surface area contributed by atoms with Crippen LogP contribution in [0.3, 0.4) is 0 Å². The van der Waals surface area contributed by atoms with Crippen molar-refractivity contribution in [1.82, 2.24) is 0 Å². The molecule has 2 N–H and O–H groups in total. The minimum atomic E-state index is -0.555. The van der Waals surface area contributed by atoms with Gasteiger partial charge in [0.1, 0.15) is 11.9 Å². The zero-order valence-corrected chi connectivity index (χ0v) is 12.4. The zero-order valence-electron chi connectivity index (χ0n) is 10.8. The monoisotopic (exact) mass is 303 g/mol. The molecule has 0 spiro atoms. The lowest BCUT2D eigenvalue weighted by atomic mass is 10.4. The lowest BCUT2D eigenvalue weighted by Gasteiger charge is -2.09. The first-order valence-corrected chi connectivity index (χ1v) is 8.16. The third-order valence-corrected chi connectivity index (χ3v) is 4.56. The molecule has 0 aliphatic rings. The largest absolute Gasteiger partial charge is 0.465 e. The van der Waals surface area contributed by atoms with Crippen molar-refractivity contribution in [2.45, 2.75) is 17.9 Å². The molecule has 0 bridgehead atoms. The van der Waals surface area contributed by atoms with Crippen LogP contribution >= 0.6 is 23.5 Å². The summed E-state index contributed by atoms with van der Waals surface area (Å²) in [4.78, 5) is 12.3.